The van der Waals surface area contributed by atoms with E-state index in [4.69, 9.17) is 20.4 Å². The Kier molecular flexibility index (Phi) is 14.6. The van der Waals surface area contributed by atoms with Crippen LogP contribution in [0.25, 0.3) is 0 Å². The van der Waals surface area contributed by atoms with E-state index in [1.165, 1.54) is 25.9 Å². The van der Waals surface area contributed by atoms with Crippen molar-refractivity contribution in [1.82, 2.24) is 10.2 Å². The molecule has 1 heterocycles. The molecular formula is C15H24N2O8. The van der Waals surface area contributed by atoms with Gasteiger partial charge in [0.05, 0.1) is 0 Å². The summed E-state index contributed by atoms with van der Waals surface area (Å²) in [6.45, 7) is 2.49. The molecule has 1 aliphatic rings. The highest BCUT2D eigenvalue weighted by molar-refractivity contribution is 5.90. The first-order chi connectivity index (χ1) is 11.6. The Bertz CT molecular complexity index is 436. The first kappa shape index (κ1) is 24.5. The molecule has 0 aromatic carbocycles. The molecule has 1 fully saturated rings. The summed E-state index contributed by atoms with van der Waals surface area (Å²) in [5.41, 5.74) is 0. The van der Waals surface area contributed by atoms with Gasteiger partial charge in [-0.15, -0.1) is 0 Å². The fourth-order valence-corrected chi connectivity index (χ4v) is 1.69. The summed E-state index contributed by atoms with van der Waals surface area (Å²) in [6, 6.07) is 0.740. The van der Waals surface area contributed by atoms with Crippen molar-refractivity contribution in [1.29, 1.82) is 0 Å². The van der Waals surface area contributed by atoms with Gasteiger partial charge in [-0.05, 0) is 33.5 Å². The second-order valence-corrected chi connectivity index (χ2v) is 4.91. The minimum absolute atomic E-state index is 0.558. The molecule has 10 nitrogen and oxygen atoms in total. The largest absolute Gasteiger partial charge is 0.478 e. The maximum Gasteiger partial charge on any atom is 0.328 e. The first-order valence-electron chi connectivity index (χ1n) is 7.22. The van der Waals surface area contributed by atoms with Crippen LogP contribution in [0.1, 0.15) is 12.8 Å². The number of nitrogens with zero attached hydrogens (tertiary/aromatic N) is 1. The van der Waals surface area contributed by atoms with Crippen LogP contribution in [0.5, 0.6) is 0 Å². The molecule has 0 saturated carbocycles. The average Bonchev–Trinajstić information content (AvgIpc) is 2.52. The van der Waals surface area contributed by atoms with Gasteiger partial charge in [0.25, 0.3) is 0 Å². The number of hydrogen-bond acceptors (Lipinski definition) is 6. The van der Waals surface area contributed by atoms with Gasteiger partial charge in [0.1, 0.15) is 0 Å². The van der Waals surface area contributed by atoms with Crippen molar-refractivity contribution in [2.24, 2.45) is 0 Å². The van der Waals surface area contributed by atoms with E-state index in [0.717, 1.165) is 6.04 Å². The second-order valence-electron chi connectivity index (χ2n) is 4.91. The third kappa shape index (κ3) is 21.3. The molecule has 1 rings (SSSR count). The number of nitrogens with one attached hydrogen (secondary N) is 1. The normalized spacial score (nSPS) is 17.1. The van der Waals surface area contributed by atoms with Crippen LogP contribution in [0.2, 0.25) is 0 Å². The van der Waals surface area contributed by atoms with E-state index in [1.54, 1.807) is 0 Å². The van der Waals surface area contributed by atoms with Gasteiger partial charge in [-0.2, -0.15) is 0 Å². The Morgan fingerprint density at radius 3 is 1.44 bits per heavy atom. The number of likely N-dealkylation sites (tertiary alicyclic amines) is 1. The molecule has 25 heavy (non-hydrogen) atoms. The molecule has 1 unspecified atom stereocenters. The number of piperidine rings is 1. The van der Waals surface area contributed by atoms with E-state index in [1.807, 2.05) is 7.05 Å². The lowest BCUT2D eigenvalue weighted by atomic mass is 10.1. The Labute approximate surface area is 145 Å². The molecule has 5 N–H and O–H groups in total. The fourth-order valence-electron chi connectivity index (χ4n) is 1.69. The molecule has 0 radical (unpaired) electrons. The van der Waals surface area contributed by atoms with Crippen LogP contribution in [-0.2, 0) is 19.2 Å². The van der Waals surface area contributed by atoms with Crippen LogP contribution < -0.4 is 5.32 Å². The molecular weight excluding hydrogens is 336 g/mol. The molecule has 0 aromatic heterocycles. The number of likely N-dealkylation sites (N-methyl/N-ethyl adjacent to an activating group) is 2. The number of aliphatic carboxylic acids is 4. The van der Waals surface area contributed by atoms with E-state index in [2.05, 4.69) is 17.3 Å². The minimum Gasteiger partial charge on any atom is -0.478 e. The molecule has 0 amide bonds. The fraction of sp³-hybridized carbons (Fsp3) is 0.467. The maximum absolute atomic E-state index is 9.55. The minimum atomic E-state index is -1.26. The van der Waals surface area contributed by atoms with Crippen LogP contribution in [0, 0.1) is 0 Å². The lowest BCUT2D eigenvalue weighted by molar-refractivity contribution is -0.134. The summed E-state index contributed by atoms with van der Waals surface area (Å²) >= 11 is 0. The zero-order chi connectivity index (χ0) is 19.8. The lowest BCUT2D eigenvalue weighted by Crippen LogP contribution is -2.42. The average molecular weight is 360 g/mol. The molecule has 0 aliphatic carbocycles. The number of carbonyl (C=O) groups is 4. The van der Waals surface area contributed by atoms with Crippen molar-refractivity contribution in [3.63, 3.8) is 0 Å². The molecule has 0 aromatic rings. The van der Waals surface area contributed by atoms with Crippen molar-refractivity contribution >= 4 is 23.9 Å². The Hall–Kier alpha value is -2.72. The van der Waals surface area contributed by atoms with E-state index >= 15 is 0 Å². The highest BCUT2D eigenvalue weighted by atomic mass is 16.4. The van der Waals surface area contributed by atoms with Crippen molar-refractivity contribution in [3.8, 4) is 0 Å². The van der Waals surface area contributed by atoms with Gasteiger partial charge < -0.3 is 30.6 Å². The molecule has 1 aliphatic heterocycles. The summed E-state index contributed by atoms with van der Waals surface area (Å²) in [4.78, 5) is 40.6. The van der Waals surface area contributed by atoms with Crippen LogP contribution in [-0.4, -0.2) is 82.4 Å². The summed E-state index contributed by atoms with van der Waals surface area (Å²) in [5.74, 6) is -5.03. The summed E-state index contributed by atoms with van der Waals surface area (Å²) < 4.78 is 0. The number of carboxylic acids is 4. The van der Waals surface area contributed by atoms with E-state index in [0.29, 0.717) is 24.3 Å². The van der Waals surface area contributed by atoms with Gasteiger partial charge in [-0.3, -0.25) is 0 Å². The second kappa shape index (κ2) is 14.8. The molecule has 1 saturated heterocycles. The Morgan fingerprint density at radius 1 is 0.880 bits per heavy atom. The molecule has 142 valence electrons. The molecule has 10 heteroatoms. The van der Waals surface area contributed by atoms with Crippen molar-refractivity contribution < 1.29 is 39.6 Å². The highest BCUT2D eigenvalue weighted by Gasteiger charge is 2.13. The Morgan fingerprint density at radius 2 is 1.24 bits per heavy atom. The summed E-state index contributed by atoms with van der Waals surface area (Å²) in [7, 11) is 4.23. The van der Waals surface area contributed by atoms with Crippen molar-refractivity contribution in [3.05, 3.63) is 24.3 Å². The third-order valence-electron chi connectivity index (χ3n) is 2.77. The van der Waals surface area contributed by atoms with Crippen molar-refractivity contribution in [2.45, 2.75) is 18.9 Å². The lowest BCUT2D eigenvalue weighted by Gasteiger charge is -2.29. The zero-order valence-electron chi connectivity index (χ0n) is 14.1. The van der Waals surface area contributed by atoms with E-state index < -0.39 is 23.9 Å². The molecule has 1 atom stereocenters. The zero-order valence-corrected chi connectivity index (χ0v) is 14.1. The predicted octanol–water partition coefficient (Wildman–Crippen LogP) is -0.276. The van der Waals surface area contributed by atoms with Crippen LogP contribution in [0.3, 0.4) is 0 Å². The SMILES string of the molecule is CNC1CCCN(C)C1.O=C(O)C=CC(=O)O.O=C(O)C=CC(=O)O. The smallest absolute Gasteiger partial charge is 0.328 e. The number of carboxylic acid groups (broad SMARTS) is 4. The van der Waals surface area contributed by atoms with Gasteiger partial charge in [-0.1, -0.05) is 0 Å². The quantitative estimate of drug-likeness (QED) is 0.412. The Balaban J connectivity index is 0. The van der Waals surface area contributed by atoms with Crippen LogP contribution in [0.15, 0.2) is 24.3 Å². The number of rotatable bonds is 5. The van der Waals surface area contributed by atoms with Crippen LogP contribution in [0.4, 0.5) is 0 Å². The first-order valence-corrected chi connectivity index (χ1v) is 7.22. The maximum atomic E-state index is 9.55. The molecule has 0 spiro atoms. The third-order valence-corrected chi connectivity index (χ3v) is 2.77. The molecule has 0 bridgehead atoms. The van der Waals surface area contributed by atoms with E-state index in [-0.39, 0.29) is 0 Å². The van der Waals surface area contributed by atoms with Gasteiger partial charge >= 0.3 is 23.9 Å². The standard InChI is InChI=1S/C7H16N2.2C4H4O4/c1-8-7-4-3-5-9(2)6-7;2*5-3(6)1-2-4(7)8/h7-8H,3-6H2,1-2H3;2*1-2H,(H,5,6)(H,7,8). The topological polar surface area (TPSA) is 164 Å². The highest BCUT2D eigenvalue weighted by Crippen LogP contribution is 2.06. The van der Waals surface area contributed by atoms with Gasteiger partial charge in [0.2, 0.25) is 0 Å². The van der Waals surface area contributed by atoms with Crippen molar-refractivity contribution in [2.75, 3.05) is 27.2 Å². The van der Waals surface area contributed by atoms with E-state index in [9.17, 15) is 19.2 Å². The van der Waals surface area contributed by atoms with Gasteiger partial charge in [0.15, 0.2) is 0 Å². The summed E-state index contributed by atoms with van der Waals surface area (Å²) in [5, 5.41) is 34.5. The van der Waals surface area contributed by atoms with Crippen LogP contribution >= 0.6 is 0 Å². The predicted molar refractivity (Wildman–Crippen MR) is 88.4 cm³/mol. The summed E-state index contributed by atoms with van der Waals surface area (Å²) in [6.07, 6.45) is 4.93. The van der Waals surface area contributed by atoms with Gasteiger partial charge in [0, 0.05) is 36.9 Å². The van der Waals surface area contributed by atoms with Gasteiger partial charge in [-0.25, -0.2) is 19.2 Å². The number of hydrogen-bond donors (Lipinski definition) is 5. The monoisotopic (exact) mass is 360 g/mol.